The van der Waals surface area contributed by atoms with E-state index < -0.39 is 11.6 Å². The maximum Gasteiger partial charge on any atom is 0.335 e. The van der Waals surface area contributed by atoms with Crippen molar-refractivity contribution >= 4 is 41.3 Å². The van der Waals surface area contributed by atoms with Crippen molar-refractivity contribution in [3.8, 4) is 0 Å². The minimum atomic E-state index is -0.907. The van der Waals surface area contributed by atoms with Gasteiger partial charge in [0.1, 0.15) is 12.1 Å². The van der Waals surface area contributed by atoms with Crippen LogP contribution < -0.4 is 4.90 Å². The van der Waals surface area contributed by atoms with Gasteiger partial charge >= 0.3 is 5.97 Å². The third kappa shape index (κ3) is 4.21. The van der Waals surface area contributed by atoms with E-state index in [1.165, 1.54) is 61.8 Å². The van der Waals surface area contributed by atoms with Gasteiger partial charge in [0.15, 0.2) is 5.71 Å². The second-order valence-corrected chi connectivity index (χ2v) is 17.1. The number of carboxylic acid groups (broad SMARTS) is 1. The molecule has 10 rings (SSSR count). The SMILES string of the molecule is CC1(C)C2=C3C=C4C(c5ccc(C(=O)O)cc5)=C5C=C6C7=[N+](CC[C@H]6CC5(CS)O[C@H]4C[C@H]3CCN2c2ccccc21)c1ccccc1C7(C)C. The molecular weight excluding hydrogens is 649 g/mol. The third-order valence-electron chi connectivity index (χ3n) is 13.4. The van der Waals surface area contributed by atoms with E-state index in [9.17, 15) is 9.90 Å². The van der Waals surface area contributed by atoms with E-state index in [1.807, 2.05) is 12.1 Å². The van der Waals surface area contributed by atoms with Crippen molar-refractivity contribution in [3.63, 3.8) is 0 Å². The second kappa shape index (κ2) is 10.7. The van der Waals surface area contributed by atoms with Crippen molar-refractivity contribution in [2.24, 2.45) is 11.8 Å². The third-order valence-corrected chi connectivity index (χ3v) is 13.9. The lowest BCUT2D eigenvalue weighted by Gasteiger charge is -2.51. The lowest BCUT2D eigenvalue weighted by molar-refractivity contribution is -0.444. The van der Waals surface area contributed by atoms with Crippen molar-refractivity contribution < 1.29 is 19.2 Å². The molecule has 0 aromatic heterocycles. The van der Waals surface area contributed by atoms with Crippen LogP contribution in [0, 0.1) is 11.8 Å². The number of allylic oxidation sites excluding steroid dienone is 4. The number of anilines is 1. The summed E-state index contributed by atoms with van der Waals surface area (Å²) in [5.74, 6) is 0.485. The normalized spacial score (nSPS) is 29.1. The molecule has 4 atom stereocenters. The summed E-state index contributed by atoms with van der Waals surface area (Å²) in [5.41, 5.74) is 15.3. The molecule has 6 heteroatoms. The first-order chi connectivity index (χ1) is 24.5. The number of hydrogen-bond donors (Lipinski definition) is 2. The van der Waals surface area contributed by atoms with Gasteiger partial charge in [0.2, 0.25) is 5.69 Å². The summed E-state index contributed by atoms with van der Waals surface area (Å²) in [6.45, 7) is 11.5. The Labute approximate surface area is 306 Å². The molecule has 2 aliphatic carbocycles. The zero-order chi connectivity index (χ0) is 35.0. The topological polar surface area (TPSA) is 52.8 Å². The average molecular weight is 694 g/mol. The van der Waals surface area contributed by atoms with Gasteiger partial charge in [0, 0.05) is 52.7 Å². The number of rotatable bonds is 3. The van der Waals surface area contributed by atoms with Crippen molar-refractivity contribution in [3.05, 3.63) is 135 Å². The number of aromatic carboxylic acids is 1. The highest BCUT2D eigenvalue weighted by Gasteiger charge is 2.57. The van der Waals surface area contributed by atoms with Crippen LogP contribution in [0.3, 0.4) is 0 Å². The molecule has 1 N–H and O–H groups in total. The Morgan fingerprint density at radius 3 is 2.41 bits per heavy atom. The first-order valence-corrected chi connectivity index (χ1v) is 19.3. The number of carboxylic acids is 1. The van der Waals surface area contributed by atoms with Crippen molar-refractivity contribution in [2.45, 2.75) is 75.9 Å². The molecule has 3 aromatic rings. The van der Waals surface area contributed by atoms with Crippen molar-refractivity contribution in [2.75, 3.05) is 23.7 Å². The quantitative estimate of drug-likeness (QED) is 0.212. The number of hydrogen-bond acceptors (Lipinski definition) is 4. The van der Waals surface area contributed by atoms with Crippen molar-refractivity contribution in [1.29, 1.82) is 0 Å². The standard InChI is InChI=1S/C45H44N2O3S/c1-43(2)33-9-5-7-11-36(33)46-19-17-28-21-38-32(22-30(28)40(43)46)39(26-13-15-27(16-14-26)42(48)49)35-23-31-29(24-45(35,25-51)50-38)18-20-47-37-12-8-6-10-34(37)44(3,4)41(31)47/h5-16,22-23,28-29,38H,17-21,24-25H2,1-4H3,(H-,48,49,51)/p+1/t28-,29+,38+,45?/m1/s1. The minimum absolute atomic E-state index is 0.0577. The molecule has 0 bridgehead atoms. The summed E-state index contributed by atoms with van der Waals surface area (Å²) in [4.78, 5) is 14.6. The molecular formula is C45H45N2O3S+. The van der Waals surface area contributed by atoms with Crippen LogP contribution in [0.25, 0.3) is 5.57 Å². The van der Waals surface area contributed by atoms with Crippen LogP contribution in [0.4, 0.5) is 11.4 Å². The molecule has 0 amide bonds. The van der Waals surface area contributed by atoms with Gasteiger partial charge in [-0.3, -0.25) is 0 Å². The van der Waals surface area contributed by atoms with Gasteiger partial charge in [0.25, 0.3) is 0 Å². The summed E-state index contributed by atoms with van der Waals surface area (Å²) in [7, 11) is 0. The fourth-order valence-electron chi connectivity index (χ4n) is 11.2. The molecule has 7 aliphatic rings. The largest absolute Gasteiger partial charge is 0.478 e. The molecule has 0 radical (unpaired) electrons. The smallest absolute Gasteiger partial charge is 0.335 e. The minimum Gasteiger partial charge on any atom is -0.478 e. The Kier molecular flexibility index (Phi) is 6.63. The maximum atomic E-state index is 12.0. The monoisotopic (exact) mass is 693 g/mol. The Morgan fingerprint density at radius 1 is 0.902 bits per heavy atom. The van der Waals surface area contributed by atoms with E-state index in [2.05, 4.69) is 97.9 Å². The van der Waals surface area contributed by atoms with Crippen LogP contribution >= 0.6 is 12.6 Å². The fourth-order valence-corrected chi connectivity index (χ4v) is 11.5. The number of carbonyl (C=O) groups is 1. The van der Waals surface area contributed by atoms with Gasteiger partial charge in [0.05, 0.1) is 17.1 Å². The van der Waals surface area contributed by atoms with E-state index in [1.54, 1.807) is 12.1 Å². The molecule has 0 saturated carbocycles. The number of thiol groups is 1. The summed E-state index contributed by atoms with van der Waals surface area (Å²) < 4.78 is 10.1. The maximum absolute atomic E-state index is 12.0. The Bertz CT molecular complexity index is 2230. The molecule has 3 aromatic carbocycles. The van der Waals surface area contributed by atoms with Crippen molar-refractivity contribution in [1.82, 2.24) is 0 Å². The number of ether oxygens (including phenoxy) is 1. The number of para-hydroxylation sites is 2. The Balaban J connectivity index is 1.24. The van der Waals surface area contributed by atoms with E-state index >= 15 is 0 Å². The average Bonchev–Trinajstić information content (AvgIpc) is 3.52. The molecule has 0 spiro atoms. The molecule has 0 saturated heterocycles. The van der Waals surface area contributed by atoms with E-state index in [0.29, 0.717) is 23.2 Å². The van der Waals surface area contributed by atoms with E-state index in [4.69, 9.17) is 17.4 Å². The highest BCUT2D eigenvalue weighted by molar-refractivity contribution is 7.80. The number of benzene rings is 3. The zero-order valence-electron chi connectivity index (χ0n) is 29.9. The molecule has 1 unspecified atom stereocenters. The van der Waals surface area contributed by atoms with E-state index in [-0.39, 0.29) is 16.9 Å². The molecule has 5 heterocycles. The summed E-state index contributed by atoms with van der Waals surface area (Å²) in [5, 5.41) is 9.84. The molecule has 5 aliphatic heterocycles. The van der Waals surface area contributed by atoms with Crippen LogP contribution in [-0.4, -0.2) is 51.9 Å². The first kappa shape index (κ1) is 31.6. The van der Waals surface area contributed by atoms with Gasteiger partial charge in [-0.25, -0.2) is 4.79 Å². The van der Waals surface area contributed by atoms with Crippen LogP contribution in [0.2, 0.25) is 0 Å². The van der Waals surface area contributed by atoms with Crippen LogP contribution in [0.5, 0.6) is 0 Å². The van der Waals surface area contributed by atoms with Gasteiger partial charge in [-0.1, -0.05) is 68.5 Å². The molecule has 0 fully saturated rings. The van der Waals surface area contributed by atoms with E-state index in [0.717, 1.165) is 44.3 Å². The summed E-state index contributed by atoms with van der Waals surface area (Å²) >= 11 is 5.11. The Morgan fingerprint density at radius 2 is 1.65 bits per heavy atom. The molecule has 258 valence electrons. The summed E-state index contributed by atoms with van der Waals surface area (Å²) in [6, 6.07) is 25.4. The highest BCUT2D eigenvalue weighted by Crippen LogP contribution is 2.59. The molecule has 51 heavy (non-hydrogen) atoms. The second-order valence-electron chi connectivity index (χ2n) is 16.8. The van der Waals surface area contributed by atoms with Crippen LogP contribution in [0.1, 0.15) is 80.4 Å². The molecule has 5 nitrogen and oxygen atoms in total. The predicted molar refractivity (Wildman–Crippen MR) is 206 cm³/mol. The van der Waals surface area contributed by atoms with Gasteiger partial charge in [-0.05, 0) is 103 Å². The zero-order valence-corrected chi connectivity index (χ0v) is 30.8. The van der Waals surface area contributed by atoms with Gasteiger partial charge in [-0.15, -0.1) is 0 Å². The Hall–Kier alpha value is -4.13. The number of fused-ring (bicyclic) bond motifs is 10. The lowest BCUT2D eigenvalue weighted by Crippen LogP contribution is -2.52. The number of nitrogens with zero attached hydrogens (tertiary/aromatic N) is 2. The van der Waals surface area contributed by atoms with Crippen LogP contribution in [-0.2, 0) is 15.6 Å². The van der Waals surface area contributed by atoms with Gasteiger partial charge in [-0.2, -0.15) is 17.2 Å². The lowest BCUT2D eigenvalue weighted by atomic mass is 9.63. The summed E-state index contributed by atoms with van der Waals surface area (Å²) in [6.07, 6.45) is 8.93. The van der Waals surface area contributed by atoms with Gasteiger partial charge < -0.3 is 14.7 Å². The fraction of sp³-hybridized carbons (Fsp3) is 0.378. The van der Waals surface area contributed by atoms with Crippen LogP contribution in [0.15, 0.2) is 113 Å². The predicted octanol–water partition coefficient (Wildman–Crippen LogP) is 9.03. The highest BCUT2D eigenvalue weighted by atomic mass is 32.1. The first-order valence-electron chi connectivity index (χ1n) is 18.7.